The molecule has 0 atom stereocenters. The standard InChI is InChI=1S/C13H14N2OS/c1-3-11-13(17-15-14-11)12(16)8-10-6-4-9(2)5-7-10/h4-7H,3,8H2,1-2H3. The first-order chi connectivity index (χ1) is 8.20. The van der Waals surface area contributed by atoms with E-state index in [0.717, 1.165) is 17.7 Å². The zero-order chi connectivity index (χ0) is 12.3. The molecule has 2 rings (SSSR count). The first-order valence-corrected chi connectivity index (χ1v) is 6.38. The van der Waals surface area contributed by atoms with Crippen LogP contribution >= 0.6 is 11.5 Å². The molecule has 1 aromatic carbocycles. The molecule has 3 nitrogen and oxygen atoms in total. The number of ketones is 1. The summed E-state index contributed by atoms with van der Waals surface area (Å²) in [6.07, 6.45) is 1.18. The predicted molar refractivity (Wildman–Crippen MR) is 68.5 cm³/mol. The number of hydrogen-bond donors (Lipinski definition) is 0. The van der Waals surface area contributed by atoms with Crippen molar-refractivity contribution in [2.45, 2.75) is 26.7 Å². The fourth-order valence-corrected chi connectivity index (χ4v) is 2.31. The highest BCUT2D eigenvalue weighted by molar-refractivity contribution is 7.08. The zero-order valence-electron chi connectivity index (χ0n) is 9.93. The number of nitrogens with zero attached hydrogens (tertiary/aromatic N) is 2. The van der Waals surface area contributed by atoms with Crippen LogP contribution in [0.3, 0.4) is 0 Å². The van der Waals surface area contributed by atoms with E-state index >= 15 is 0 Å². The third-order valence-electron chi connectivity index (χ3n) is 2.63. The summed E-state index contributed by atoms with van der Waals surface area (Å²) in [5.74, 6) is 0.112. The predicted octanol–water partition coefficient (Wildman–Crippen LogP) is 2.83. The largest absolute Gasteiger partial charge is 0.293 e. The Hall–Kier alpha value is -1.55. The third kappa shape index (κ3) is 2.77. The van der Waals surface area contributed by atoms with Crippen molar-refractivity contribution >= 4 is 17.3 Å². The molecule has 0 unspecified atom stereocenters. The van der Waals surface area contributed by atoms with Crippen molar-refractivity contribution in [2.75, 3.05) is 0 Å². The fourth-order valence-electron chi connectivity index (χ4n) is 1.62. The highest BCUT2D eigenvalue weighted by Gasteiger charge is 2.15. The van der Waals surface area contributed by atoms with Gasteiger partial charge in [0.1, 0.15) is 4.88 Å². The highest BCUT2D eigenvalue weighted by atomic mass is 32.1. The van der Waals surface area contributed by atoms with Gasteiger partial charge in [0.05, 0.1) is 5.69 Å². The maximum absolute atomic E-state index is 12.1. The van der Waals surface area contributed by atoms with Crippen LogP contribution in [0.1, 0.15) is 33.4 Å². The van der Waals surface area contributed by atoms with Gasteiger partial charge < -0.3 is 0 Å². The Morgan fingerprint density at radius 1 is 1.29 bits per heavy atom. The molecule has 0 saturated carbocycles. The van der Waals surface area contributed by atoms with Crippen molar-refractivity contribution < 1.29 is 4.79 Å². The molecule has 0 amide bonds. The molecule has 0 aliphatic carbocycles. The van der Waals surface area contributed by atoms with Crippen LogP contribution in [0.5, 0.6) is 0 Å². The lowest BCUT2D eigenvalue weighted by atomic mass is 10.1. The van der Waals surface area contributed by atoms with Crippen LogP contribution in [0.25, 0.3) is 0 Å². The van der Waals surface area contributed by atoms with Gasteiger partial charge in [-0.25, -0.2) is 0 Å². The Morgan fingerprint density at radius 3 is 2.65 bits per heavy atom. The van der Waals surface area contributed by atoms with Gasteiger partial charge in [-0.15, -0.1) is 5.10 Å². The van der Waals surface area contributed by atoms with Crippen molar-refractivity contribution in [1.82, 2.24) is 9.59 Å². The van der Waals surface area contributed by atoms with E-state index in [0.29, 0.717) is 11.3 Å². The number of Topliss-reactive ketones (excluding diaryl/α,β-unsaturated/α-hetero) is 1. The van der Waals surface area contributed by atoms with E-state index in [1.807, 2.05) is 38.1 Å². The Kier molecular flexibility index (Phi) is 3.64. The minimum absolute atomic E-state index is 0.112. The van der Waals surface area contributed by atoms with Crippen molar-refractivity contribution in [1.29, 1.82) is 0 Å². The molecule has 0 aliphatic rings. The smallest absolute Gasteiger partial charge is 0.180 e. The van der Waals surface area contributed by atoms with Crippen LogP contribution in [0, 0.1) is 6.92 Å². The minimum Gasteiger partial charge on any atom is -0.293 e. The highest BCUT2D eigenvalue weighted by Crippen LogP contribution is 2.15. The second-order valence-electron chi connectivity index (χ2n) is 3.99. The van der Waals surface area contributed by atoms with Gasteiger partial charge in [-0.3, -0.25) is 4.79 Å². The van der Waals surface area contributed by atoms with Gasteiger partial charge in [-0.2, -0.15) is 0 Å². The molecular weight excluding hydrogens is 232 g/mol. The van der Waals surface area contributed by atoms with Crippen LogP contribution in [-0.2, 0) is 12.8 Å². The summed E-state index contributed by atoms with van der Waals surface area (Å²) in [5, 5.41) is 3.96. The van der Waals surface area contributed by atoms with Crippen molar-refractivity contribution in [3.63, 3.8) is 0 Å². The average Bonchev–Trinajstić information content (AvgIpc) is 2.80. The third-order valence-corrected chi connectivity index (χ3v) is 3.44. The van der Waals surface area contributed by atoms with Gasteiger partial charge in [0.2, 0.25) is 0 Å². The SMILES string of the molecule is CCc1nnsc1C(=O)Cc1ccc(C)cc1. The number of carbonyl (C=O) groups is 1. The number of benzene rings is 1. The van der Waals surface area contributed by atoms with E-state index in [4.69, 9.17) is 0 Å². The normalized spacial score (nSPS) is 10.5. The first kappa shape index (κ1) is 11.9. The Morgan fingerprint density at radius 2 is 2.00 bits per heavy atom. The van der Waals surface area contributed by atoms with Crippen LogP contribution < -0.4 is 0 Å². The Bertz CT molecular complexity index is 516. The molecule has 1 heterocycles. The monoisotopic (exact) mass is 246 g/mol. The molecular formula is C13H14N2OS. The number of rotatable bonds is 4. The molecule has 4 heteroatoms. The van der Waals surface area contributed by atoms with Gasteiger partial charge in [-0.1, -0.05) is 41.2 Å². The van der Waals surface area contributed by atoms with Gasteiger partial charge in [0.25, 0.3) is 0 Å². The molecule has 0 radical (unpaired) electrons. The summed E-state index contributed by atoms with van der Waals surface area (Å²) in [6, 6.07) is 8.03. The van der Waals surface area contributed by atoms with E-state index in [1.165, 1.54) is 17.1 Å². The maximum Gasteiger partial charge on any atom is 0.180 e. The molecule has 17 heavy (non-hydrogen) atoms. The number of aryl methyl sites for hydroxylation is 2. The summed E-state index contributed by atoms with van der Waals surface area (Å²) >= 11 is 1.19. The summed E-state index contributed by atoms with van der Waals surface area (Å²) < 4.78 is 3.84. The average molecular weight is 246 g/mol. The molecule has 0 saturated heterocycles. The zero-order valence-corrected chi connectivity index (χ0v) is 10.8. The van der Waals surface area contributed by atoms with E-state index in [9.17, 15) is 4.79 Å². The molecule has 0 bridgehead atoms. The van der Waals surface area contributed by atoms with Crippen LogP contribution in [0.4, 0.5) is 0 Å². The lowest BCUT2D eigenvalue weighted by molar-refractivity contribution is 0.0996. The molecule has 0 N–H and O–H groups in total. The molecule has 0 spiro atoms. The maximum atomic E-state index is 12.1. The first-order valence-electron chi connectivity index (χ1n) is 5.60. The molecule has 2 aromatic rings. The van der Waals surface area contributed by atoms with Crippen LogP contribution in [0.2, 0.25) is 0 Å². The number of carbonyl (C=O) groups excluding carboxylic acids is 1. The molecule has 1 aromatic heterocycles. The molecule has 0 fully saturated rings. The van der Waals surface area contributed by atoms with Crippen molar-refractivity contribution in [3.05, 3.63) is 46.0 Å². The summed E-state index contributed by atoms with van der Waals surface area (Å²) in [4.78, 5) is 12.8. The second-order valence-corrected chi connectivity index (χ2v) is 4.74. The second kappa shape index (κ2) is 5.19. The molecule has 88 valence electrons. The minimum atomic E-state index is 0.112. The number of hydrogen-bond acceptors (Lipinski definition) is 4. The number of aromatic nitrogens is 2. The van der Waals surface area contributed by atoms with E-state index < -0.39 is 0 Å². The summed E-state index contributed by atoms with van der Waals surface area (Å²) in [5.41, 5.74) is 3.05. The van der Waals surface area contributed by atoms with Crippen LogP contribution in [-0.4, -0.2) is 15.4 Å². The quantitative estimate of drug-likeness (QED) is 0.779. The van der Waals surface area contributed by atoms with Crippen molar-refractivity contribution in [2.24, 2.45) is 0 Å². The Balaban J connectivity index is 2.14. The lowest BCUT2D eigenvalue weighted by Crippen LogP contribution is -2.04. The lowest BCUT2D eigenvalue weighted by Gasteiger charge is -2.00. The van der Waals surface area contributed by atoms with Gasteiger partial charge in [0, 0.05) is 6.42 Å². The van der Waals surface area contributed by atoms with Gasteiger partial charge >= 0.3 is 0 Å². The molecule has 0 aliphatic heterocycles. The topological polar surface area (TPSA) is 42.9 Å². The van der Waals surface area contributed by atoms with E-state index in [1.54, 1.807) is 0 Å². The summed E-state index contributed by atoms with van der Waals surface area (Å²) in [6.45, 7) is 4.02. The van der Waals surface area contributed by atoms with E-state index in [-0.39, 0.29) is 5.78 Å². The van der Waals surface area contributed by atoms with Gasteiger partial charge in [0.15, 0.2) is 5.78 Å². The summed E-state index contributed by atoms with van der Waals surface area (Å²) in [7, 11) is 0. The fraction of sp³-hybridized carbons (Fsp3) is 0.308. The van der Waals surface area contributed by atoms with Gasteiger partial charge in [-0.05, 0) is 30.4 Å². The van der Waals surface area contributed by atoms with Crippen LogP contribution in [0.15, 0.2) is 24.3 Å². The Labute approximate surface area is 105 Å². The van der Waals surface area contributed by atoms with Crippen molar-refractivity contribution in [3.8, 4) is 0 Å². The van der Waals surface area contributed by atoms with E-state index in [2.05, 4.69) is 9.59 Å².